The molecular weight excluding hydrogens is 602 g/mol. The molecule has 2 N–H and O–H groups in total. The van der Waals surface area contributed by atoms with Crippen molar-refractivity contribution in [3.05, 3.63) is 106 Å². The highest BCUT2D eigenvalue weighted by molar-refractivity contribution is 8.00. The summed E-state index contributed by atoms with van der Waals surface area (Å²) in [7, 11) is 0. The van der Waals surface area contributed by atoms with Crippen LogP contribution in [0, 0.1) is 22.7 Å². The maximum absolute atomic E-state index is 13.4. The number of nitrogens with zero attached hydrogens (tertiary/aromatic N) is 4. The summed E-state index contributed by atoms with van der Waals surface area (Å²) in [6.45, 7) is -0.517. The van der Waals surface area contributed by atoms with Crippen molar-refractivity contribution in [2.24, 2.45) is 0 Å². The lowest BCUT2D eigenvalue weighted by Crippen LogP contribution is -2.31. The van der Waals surface area contributed by atoms with Gasteiger partial charge in [0.25, 0.3) is 0 Å². The molecule has 2 heterocycles. The summed E-state index contributed by atoms with van der Waals surface area (Å²) in [5, 5.41) is 19.2. The third-order valence-electron chi connectivity index (χ3n) is 6.71. The molecule has 1 unspecified atom stereocenters. The summed E-state index contributed by atoms with van der Waals surface area (Å²) in [5.41, 5.74) is 7.64. The first-order valence-electron chi connectivity index (χ1n) is 13.0. The molecule has 0 radical (unpaired) electrons. The second-order valence-corrected chi connectivity index (χ2v) is 11.0. The average Bonchev–Trinajstić information content (AvgIpc) is 3.31. The molecule has 1 aliphatic heterocycles. The van der Waals surface area contributed by atoms with Crippen molar-refractivity contribution in [1.82, 2.24) is 4.98 Å². The van der Waals surface area contributed by atoms with Gasteiger partial charge in [0, 0.05) is 17.5 Å². The number of nitrogens with two attached hydrogens (primary N) is 1. The predicted molar refractivity (Wildman–Crippen MR) is 163 cm³/mol. The van der Waals surface area contributed by atoms with Crippen molar-refractivity contribution < 1.29 is 23.9 Å². The number of ketones is 1. The van der Waals surface area contributed by atoms with Crippen molar-refractivity contribution >= 4 is 58.4 Å². The number of Topliss-reactive ketones (excluding diaryl/α,β-unsaturated/α-hetero) is 1. The fourth-order valence-corrected chi connectivity index (χ4v) is 5.96. The molecule has 1 aliphatic rings. The molecule has 1 fully saturated rings. The molecule has 0 spiro atoms. The molecule has 216 valence electrons. The molecule has 0 bridgehead atoms. The first kappa shape index (κ1) is 30.0. The number of rotatable bonds is 8. The lowest BCUT2D eigenvalue weighted by atomic mass is 9.97. The summed E-state index contributed by atoms with van der Waals surface area (Å²) in [4.78, 5) is 56.5. The van der Waals surface area contributed by atoms with Gasteiger partial charge in [-0.15, -0.1) is 0 Å². The van der Waals surface area contributed by atoms with E-state index in [4.69, 9.17) is 22.1 Å². The van der Waals surface area contributed by atoms with Crippen LogP contribution in [-0.2, 0) is 14.3 Å². The van der Waals surface area contributed by atoms with Gasteiger partial charge in [-0.2, -0.15) is 10.5 Å². The van der Waals surface area contributed by atoms with Gasteiger partial charge in [-0.05, 0) is 42.0 Å². The van der Waals surface area contributed by atoms with E-state index >= 15 is 0 Å². The number of nitriles is 2. The molecule has 2 amide bonds. The van der Waals surface area contributed by atoms with Crippen LogP contribution in [0.1, 0.15) is 38.3 Å². The van der Waals surface area contributed by atoms with Crippen LogP contribution in [0.2, 0.25) is 5.02 Å². The number of carbonyl (C=O) groups excluding carboxylic acids is 4. The number of amides is 2. The van der Waals surface area contributed by atoms with E-state index in [1.807, 2.05) is 6.07 Å². The van der Waals surface area contributed by atoms with Gasteiger partial charge in [0.05, 0.1) is 27.1 Å². The molecular formula is C32H20ClN5O5S. The van der Waals surface area contributed by atoms with Crippen LogP contribution in [0.5, 0.6) is 0 Å². The Bertz CT molecular complexity index is 1900. The number of ether oxygens (including phenoxy) is 1. The number of pyridine rings is 1. The number of nitrogen functional groups attached to an aromatic ring is 1. The number of carbonyl (C=O) groups is 4. The molecule has 10 nitrogen and oxygen atoms in total. The lowest BCUT2D eigenvalue weighted by Gasteiger charge is -2.16. The molecule has 0 saturated carbocycles. The Hall–Kier alpha value is -5.49. The lowest BCUT2D eigenvalue weighted by molar-refractivity contribution is -0.121. The Morgan fingerprint density at radius 1 is 0.977 bits per heavy atom. The maximum atomic E-state index is 13.4. The average molecular weight is 622 g/mol. The van der Waals surface area contributed by atoms with Crippen LogP contribution in [0.25, 0.3) is 11.1 Å². The Morgan fingerprint density at radius 2 is 1.64 bits per heavy atom. The summed E-state index contributed by atoms with van der Waals surface area (Å²) in [6.07, 6.45) is -0.176. The molecule has 0 aliphatic carbocycles. The van der Waals surface area contributed by atoms with E-state index < -0.39 is 35.4 Å². The third kappa shape index (κ3) is 5.88. The third-order valence-corrected chi connectivity index (χ3v) is 8.21. The van der Waals surface area contributed by atoms with Crippen LogP contribution in [0.15, 0.2) is 83.9 Å². The van der Waals surface area contributed by atoms with Gasteiger partial charge in [0.1, 0.15) is 28.5 Å². The minimum absolute atomic E-state index is 0.0411. The van der Waals surface area contributed by atoms with Crippen LogP contribution in [0.3, 0.4) is 0 Å². The first-order chi connectivity index (χ1) is 21.2. The van der Waals surface area contributed by atoms with Crippen molar-refractivity contribution in [1.29, 1.82) is 10.5 Å². The van der Waals surface area contributed by atoms with Crippen LogP contribution in [0.4, 0.5) is 11.5 Å². The Kier molecular flexibility index (Phi) is 8.72. The maximum Gasteiger partial charge on any atom is 0.338 e. The van der Waals surface area contributed by atoms with Gasteiger partial charge in [-0.3, -0.25) is 14.4 Å². The minimum Gasteiger partial charge on any atom is -0.454 e. The molecule has 1 aromatic heterocycles. The van der Waals surface area contributed by atoms with Crippen molar-refractivity contribution in [3.8, 4) is 23.3 Å². The second kappa shape index (κ2) is 12.8. The van der Waals surface area contributed by atoms with Gasteiger partial charge in [0.15, 0.2) is 6.61 Å². The van der Waals surface area contributed by atoms with E-state index in [2.05, 4.69) is 11.1 Å². The van der Waals surface area contributed by atoms with E-state index in [9.17, 15) is 29.7 Å². The number of imide groups is 1. The van der Waals surface area contributed by atoms with Crippen LogP contribution in [-0.4, -0.2) is 40.4 Å². The summed E-state index contributed by atoms with van der Waals surface area (Å²) in [6, 6.07) is 24.8. The van der Waals surface area contributed by atoms with Crippen molar-refractivity contribution in [3.63, 3.8) is 0 Å². The zero-order chi connectivity index (χ0) is 31.4. The van der Waals surface area contributed by atoms with Crippen LogP contribution < -0.4 is 10.6 Å². The van der Waals surface area contributed by atoms with E-state index in [-0.39, 0.29) is 50.2 Å². The van der Waals surface area contributed by atoms with Crippen molar-refractivity contribution in [2.75, 3.05) is 17.2 Å². The Labute approximate surface area is 260 Å². The van der Waals surface area contributed by atoms with Gasteiger partial charge >= 0.3 is 5.97 Å². The Morgan fingerprint density at radius 3 is 2.30 bits per heavy atom. The highest BCUT2D eigenvalue weighted by atomic mass is 35.5. The molecule has 5 rings (SSSR count). The number of hydrogen-bond donors (Lipinski definition) is 1. The number of halogens is 1. The quantitative estimate of drug-likeness (QED) is 0.157. The highest BCUT2D eigenvalue weighted by Gasteiger charge is 2.41. The second-order valence-electron chi connectivity index (χ2n) is 9.42. The molecule has 1 saturated heterocycles. The first-order valence-corrected chi connectivity index (χ1v) is 14.3. The zero-order valence-electron chi connectivity index (χ0n) is 22.7. The molecule has 44 heavy (non-hydrogen) atoms. The Balaban J connectivity index is 1.32. The van der Waals surface area contributed by atoms with Gasteiger partial charge in [0.2, 0.25) is 17.6 Å². The minimum atomic E-state index is -0.918. The highest BCUT2D eigenvalue weighted by Crippen LogP contribution is 2.40. The predicted octanol–water partition coefficient (Wildman–Crippen LogP) is 5.19. The fourth-order valence-electron chi connectivity index (χ4n) is 4.61. The van der Waals surface area contributed by atoms with E-state index in [0.717, 1.165) is 16.7 Å². The fraction of sp³-hybridized carbons (Fsp3) is 0.0938. The smallest absolute Gasteiger partial charge is 0.338 e. The number of benzene rings is 3. The van der Waals surface area contributed by atoms with Gasteiger partial charge in [-0.1, -0.05) is 65.8 Å². The molecule has 4 aromatic rings. The molecule has 1 atom stereocenters. The number of aromatic nitrogens is 1. The SMILES string of the molecule is N#Cc1c(N)nc(SC2CC(=O)N(c3ccc(C(=O)OCC(=O)c4ccccc4Cl)cc3)C2=O)c(C#N)c1-c1ccccc1. The van der Waals surface area contributed by atoms with Crippen LogP contribution >= 0.6 is 23.4 Å². The summed E-state index contributed by atoms with van der Waals surface area (Å²) in [5.74, 6) is -2.37. The number of anilines is 2. The topological polar surface area (TPSA) is 167 Å². The number of thioether (sulfide) groups is 1. The van der Waals surface area contributed by atoms with E-state index in [0.29, 0.717) is 11.1 Å². The van der Waals surface area contributed by atoms with Gasteiger partial charge < -0.3 is 10.5 Å². The van der Waals surface area contributed by atoms with Gasteiger partial charge in [-0.25, -0.2) is 14.7 Å². The van der Waals surface area contributed by atoms with Crippen molar-refractivity contribution in [2.45, 2.75) is 16.7 Å². The molecule has 3 aromatic carbocycles. The number of esters is 1. The zero-order valence-corrected chi connectivity index (χ0v) is 24.3. The largest absolute Gasteiger partial charge is 0.454 e. The normalized spacial score (nSPS) is 14.2. The monoisotopic (exact) mass is 621 g/mol. The van der Waals surface area contributed by atoms with E-state index in [1.54, 1.807) is 48.5 Å². The summed E-state index contributed by atoms with van der Waals surface area (Å²) < 4.78 is 5.12. The number of hydrogen-bond acceptors (Lipinski definition) is 10. The van der Waals surface area contributed by atoms with E-state index in [1.165, 1.54) is 30.3 Å². The molecule has 12 heteroatoms. The standard InChI is InChI=1S/C32H20ClN5O5S/c33-24-9-5-4-8-21(24)25(39)17-43-32(42)19-10-12-20(13-11-19)38-27(40)14-26(31(38)41)44-30-23(16-35)28(18-6-2-1-3-7-18)22(15-34)29(36)37-30/h1-13,26H,14,17H2,(H2,36,37). The summed E-state index contributed by atoms with van der Waals surface area (Å²) >= 11 is 6.94.